The van der Waals surface area contributed by atoms with Crippen LogP contribution in [0.1, 0.15) is 45.1 Å². The van der Waals surface area contributed by atoms with Crippen molar-refractivity contribution in [3.8, 4) is 0 Å². The molecule has 1 aliphatic heterocycles. The topological polar surface area (TPSA) is 66.8 Å². The van der Waals surface area contributed by atoms with E-state index >= 15 is 0 Å². The molecule has 1 saturated heterocycles. The maximum atomic E-state index is 13.0. The molecule has 0 aromatic heterocycles. The van der Waals surface area contributed by atoms with E-state index in [1.54, 1.807) is 30.0 Å². The van der Waals surface area contributed by atoms with Gasteiger partial charge in [0.1, 0.15) is 0 Å². The molecule has 5 nitrogen and oxygen atoms in total. The fraction of sp³-hybridized carbons (Fsp3) is 0.286. The van der Waals surface area contributed by atoms with Crippen molar-refractivity contribution < 1.29 is 9.59 Å². The van der Waals surface area contributed by atoms with Gasteiger partial charge in [0.25, 0.3) is 5.91 Å². The van der Waals surface area contributed by atoms with Crippen LogP contribution in [0, 0.1) is 10.8 Å². The van der Waals surface area contributed by atoms with Crippen LogP contribution < -0.4 is 4.90 Å². The molecule has 2 amide bonds. The first-order chi connectivity index (χ1) is 15.8. The van der Waals surface area contributed by atoms with Crippen molar-refractivity contribution in [2.45, 2.75) is 39.5 Å². The summed E-state index contributed by atoms with van der Waals surface area (Å²) in [6, 6.07) is 7.18. The summed E-state index contributed by atoms with van der Waals surface area (Å²) >= 11 is 0. The van der Waals surface area contributed by atoms with Gasteiger partial charge in [-0.2, -0.15) is 0 Å². The fourth-order valence-electron chi connectivity index (χ4n) is 4.05. The van der Waals surface area contributed by atoms with Gasteiger partial charge < -0.3 is 4.90 Å². The standard InChI is InChI=1S/C28H30N2O3/c1-5-7-23(24-9-6-8-19(2)10-11-24)12-13-25-18-30(28(32)21(25)4)26-16-14-22(15-17-26)20(3)27(31)29-33/h5,7-11,13-17,20-21H,1,6,12,18H2,2-4H3/b23-7+,25-13-. The second-order valence-corrected chi connectivity index (χ2v) is 8.48. The van der Waals surface area contributed by atoms with Crippen molar-refractivity contribution >= 4 is 17.5 Å². The Kier molecular flexibility index (Phi) is 7.88. The summed E-state index contributed by atoms with van der Waals surface area (Å²) in [7, 11) is 0. The molecule has 1 aromatic carbocycles. The van der Waals surface area contributed by atoms with E-state index in [2.05, 4.69) is 49.1 Å². The molecule has 33 heavy (non-hydrogen) atoms. The van der Waals surface area contributed by atoms with Crippen LogP contribution in [0.25, 0.3) is 0 Å². The number of nitrogens with zero attached hydrogens (tertiary/aromatic N) is 2. The van der Waals surface area contributed by atoms with Crippen molar-refractivity contribution in [1.82, 2.24) is 0 Å². The summed E-state index contributed by atoms with van der Waals surface area (Å²) in [6.45, 7) is 10.1. The Morgan fingerprint density at radius 3 is 2.64 bits per heavy atom. The number of hydrogen-bond acceptors (Lipinski definition) is 3. The zero-order valence-electron chi connectivity index (χ0n) is 19.5. The van der Waals surface area contributed by atoms with Crippen LogP contribution >= 0.6 is 0 Å². The van der Waals surface area contributed by atoms with Crippen LogP contribution in [-0.4, -0.2) is 18.4 Å². The second kappa shape index (κ2) is 10.8. The van der Waals surface area contributed by atoms with E-state index in [-0.39, 0.29) is 11.8 Å². The molecule has 0 bridgehead atoms. The molecule has 2 unspecified atom stereocenters. The molecule has 170 valence electrons. The van der Waals surface area contributed by atoms with Gasteiger partial charge in [0, 0.05) is 17.4 Å². The van der Waals surface area contributed by atoms with E-state index in [0.29, 0.717) is 12.1 Å². The lowest BCUT2D eigenvalue weighted by Gasteiger charge is -2.17. The van der Waals surface area contributed by atoms with Crippen molar-refractivity contribution in [3.05, 3.63) is 106 Å². The van der Waals surface area contributed by atoms with Crippen molar-refractivity contribution in [2.24, 2.45) is 11.1 Å². The van der Waals surface area contributed by atoms with Gasteiger partial charge in [-0.15, -0.1) is 4.91 Å². The Balaban J connectivity index is 1.76. The SMILES string of the molecule is C=C/C=C(\C/C=C1/CN(c2ccc(C(C)C(=O)N=O)cc2)C(=O)C1C)C1=CCC=C(C)C=C1. The molecule has 1 aliphatic carbocycles. The number of benzene rings is 1. The number of allylic oxidation sites excluding steroid dienone is 10. The molecule has 2 aliphatic rings. The first kappa shape index (κ1) is 24.1. The van der Waals surface area contributed by atoms with Crippen LogP contribution in [0.5, 0.6) is 0 Å². The van der Waals surface area contributed by atoms with Gasteiger partial charge in [0.15, 0.2) is 0 Å². The van der Waals surface area contributed by atoms with Gasteiger partial charge >= 0.3 is 0 Å². The number of nitroso groups, excluding NO2 is 1. The smallest absolute Gasteiger partial charge is 0.293 e. The Morgan fingerprint density at radius 1 is 1.24 bits per heavy atom. The van der Waals surface area contributed by atoms with Crippen LogP contribution in [0.15, 0.2) is 101 Å². The van der Waals surface area contributed by atoms with Crippen LogP contribution in [0.2, 0.25) is 0 Å². The molecule has 0 N–H and O–H groups in total. The molecule has 2 atom stereocenters. The highest BCUT2D eigenvalue weighted by Gasteiger charge is 2.33. The number of rotatable bonds is 7. The number of carbonyl (C=O) groups excluding carboxylic acids is 2. The monoisotopic (exact) mass is 442 g/mol. The highest BCUT2D eigenvalue weighted by atomic mass is 16.3. The minimum atomic E-state index is -0.702. The Bertz CT molecular complexity index is 1100. The van der Waals surface area contributed by atoms with E-state index in [1.165, 1.54) is 16.7 Å². The van der Waals surface area contributed by atoms with E-state index in [0.717, 1.165) is 24.1 Å². The average molecular weight is 443 g/mol. The van der Waals surface area contributed by atoms with Crippen molar-refractivity contribution in [1.29, 1.82) is 0 Å². The highest BCUT2D eigenvalue weighted by molar-refractivity contribution is 6.00. The summed E-state index contributed by atoms with van der Waals surface area (Å²) in [5.41, 5.74) is 6.15. The largest absolute Gasteiger partial charge is 0.308 e. The minimum Gasteiger partial charge on any atom is -0.308 e. The summed E-state index contributed by atoms with van der Waals surface area (Å²) in [4.78, 5) is 36.8. The molecule has 5 heteroatoms. The van der Waals surface area contributed by atoms with Crippen molar-refractivity contribution in [2.75, 3.05) is 11.4 Å². The zero-order valence-corrected chi connectivity index (χ0v) is 19.5. The summed E-state index contributed by atoms with van der Waals surface area (Å²) in [5, 5.41) is 2.50. The third kappa shape index (κ3) is 5.61. The third-order valence-electron chi connectivity index (χ3n) is 6.28. The Hall–Kier alpha value is -3.60. The lowest BCUT2D eigenvalue weighted by Crippen LogP contribution is -2.26. The van der Waals surface area contributed by atoms with Gasteiger partial charge in [-0.05, 0) is 68.0 Å². The van der Waals surface area contributed by atoms with E-state index < -0.39 is 11.8 Å². The lowest BCUT2D eigenvalue weighted by molar-refractivity contribution is -0.120. The Morgan fingerprint density at radius 2 is 1.97 bits per heavy atom. The maximum Gasteiger partial charge on any atom is 0.293 e. The highest BCUT2D eigenvalue weighted by Crippen LogP contribution is 2.31. The number of anilines is 1. The molecular weight excluding hydrogens is 412 g/mol. The quantitative estimate of drug-likeness (QED) is 0.282. The van der Waals surface area contributed by atoms with Gasteiger partial charge in [-0.3, -0.25) is 9.59 Å². The minimum absolute atomic E-state index is 0.0512. The molecule has 1 aromatic rings. The Labute approximate surface area is 195 Å². The number of hydrogen-bond donors (Lipinski definition) is 0. The van der Waals surface area contributed by atoms with E-state index in [9.17, 15) is 14.5 Å². The van der Waals surface area contributed by atoms with Crippen LogP contribution in [0.3, 0.4) is 0 Å². The average Bonchev–Trinajstić information content (AvgIpc) is 2.97. The van der Waals surface area contributed by atoms with E-state index in [4.69, 9.17) is 0 Å². The number of amides is 2. The first-order valence-electron chi connectivity index (χ1n) is 11.2. The second-order valence-electron chi connectivity index (χ2n) is 8.48. The molecule has 0 saturated carbocycles. The van der Waals surface area contributed by atoms with Gasteiger partial charge in [0.05, 0.1) is 11.8 Å². The van der Waals surface area contributed by atoms with E-state index in [1.807, 2.05) is 25.1 Å². The predicted molar refractivity (Wildman–Crippen MR) is 134 cm³/mol. The van der Waals surface area contributed by atoms with Crippen LogP contribution in [0.4, 0.5) is 5.69 Å². The third-order valence-corrected chi connectivity index (χ3v) is 6.28. The fourth-order valence-corrected chi connectivity index (χ4v) is 4.05. The maximum absolute atomic E-state index is 13.0. The van der Waals surface area contributed by atoms with Crippen LogP contribution in [-0.2, 0) is 9.59 Å². The molecular formula is C28H30N2O3. The lowest BCUT2D eigenvalue weighted by atomic mass is 9.97. The van der Waals surface area contributed by atoms with Gasteiger partial charge in [-0.25, -0.2) is 0 Å². The van der Waals surface area contributed by atoms with Gasteiger partial charge in [0.2, 0.25) is 5.91 Å². The molecule has 1 fully saturated rings. The molecule has 0 radical (unpaired) electrons. The molecule has 3 rings (SSSR count). The van der Waals surface area contributed by atoms with Gasteiger partial charge in [-0.1, -0.05) is 66.8 Å². The molecule has 1 heterocycles. The predicted octanol–water partition coefficient (Wildman–Crippen LogP) is 6.33. The summed E-state index contributed by atoms with van der Waals surface area (Å²) in [5.74, 6) is -1.44. The zero-order chi connectivity index (χ0) is 24.0. The molecule has 0 spiro atoms. The summed E-state index contributed by atoms with van der Waals surface area (Å²) < 4.78 is 0. The summed E-state index contributed by atoms with van der Waals surface area (Å²) in [6.07, 6.45) is 16.3. The normalized spacial score (nSPS) is 20.9. The first-order valence-corrected chi connectivity index (χ1v) is 11.2. The number of carbonyl (C=O) groups is 2. The van der Waals surface area contributed by atoms with Crippen molar-refractivity contribution in [3.63, 3.8) is 0 Å².